The van der Waals surface area contributed by atoms with Crippen molar-refractivity contribution < 1.29 is 4.39 Å². The van der Waals surface area contributed by atoms with Crippen molar-refractivity contribution in [2.24, 2.45) is 5.84 Å². The van der Waals surface area contributed by atoms with Crippen LogP contribution in [0.3, 0.4) is 0 Å². The zero-order valence-electron chi connectivity index (χ0n) is 11.5. The van der Waals surface area contributed by atoms with Crippen LogP contribution in [-0.2, 0) is 13.0 Å². The van der Waals surface area contributed by atoms with E-state index < -0.39 is 0 Å². The molecular formula is C14H18ClFN4. The van der Waals surface area contributed by atoms with Crippen molar-refractivity contribution in [3.05, 3.63) is 52.1 Å². The maximum atomic E-state index is 13.1. The molecule has 0 aliphatic rings. The fourth-order valence-corrected chi connectivity index (χ4v) is 2.59. The average molecular weight is 297 g/mol. The number of benzene rings is 1. The van der Waals surface area contributed by atoms with Crippen LogP contribution in [-0.4, -0.2) is 9.78 Å². The highest BCUT2D eigenvalue weighted by molar-refractivity contribution is 6.31. The number of nitrogens with two attached hydrogens (primary N) is 1. The maximum absolute atomic E-state index is 13.1. The van der Waals surface area contributed by atoms with E-state index in [1.165, 1.54) is 12.1 Å². The summed E-state index contributed by atoms with van der Waals surface area (Å²) >= 11 is 6.09. The number of halogens is 2. The molecule has 2 aromatic rings. The van der Waals surface area contributed by atoms with E-state index in [0.29, 0.717) is 11.4 Å². The number of aromatic nitrogens is 2. The standard InChI is InChI=1S/C14H18ClFN4/c1-3-20-11(6-9(2)19-20)8-14(18-17)12-5-4-10(16)7-13(12)15/h4-7,14,18H,3,8,17H2,1-2H3. The summed E-state index contributed by atoms with van der Waals surface area (Å²) in [5.74, 6) is 5.27. The molecule has 0 aliphatic carbocycles. The van der Waals surface area contributed by atoms with E-state index in [9.17, 15) is 4.39 Å². The fourth-order valence-electron chi connectivity index (χ4n) is 2.29. The van der Waals surface area contributed by atoms with E-state index >= 15 is 0 Å². The van der Waals surface area contributed by atoms with Gasteiger partial charge in [-0.05, 0) is 37.6 Å². The van der Waals surface area contributed by atoms with Crippen molar-refractivity contribution in [3.8, 4) is 0 Å². The summed E-state index contributed by atoms with van der Waals surface area (Å²) in [4.78, 5) is 0. The number of aryl methyl sites for hydroxylation is 2. The summed E-state index contributed by atoms with van der Waals surface area (Å²) < 4.78 is 15.0. The molecule has 3 N–H and O–H groups in total. The van der Waals surface area contributed by atoms with Gasteiger partial charge in [0, 0.05) is 23.7 Å². The Hall–Kier alpha value is -1.43. The number of nitrogens with one attached hydrogen (secondary N) is 1. The summed E-state index contributed by atoms with van der Waals surface area (Å²) in [6.07, 6.45) is 0.635. The molecule has 20 heavy (non-hydrogen) atoms. The van der Waals surface area contributed by atoms with E-state index in [2.05, 4.69) is 10.5 Å². The molecule has 0 saturated heterocycles. The topological polar surface area (TPSA) is 55.9 Å². The lowest BCUT2D eigenvalue weighted by Crippen LogP contribution is -2.30. The minimum atomic E-state index is -0.357. The van der Waals surface area contributed by atoms with Gasteiger partial charge in [0.2, 0.25) is 0 Å². The summed E-state index contributed by atoms with van der Waals surface area (Å²) in [5.41, 5.74) is 5.54. The van der Waals surface area contributed by atoms with Gasteiger partial charge < -0.3 is 0 Å². The molecule has 0 spiro atoms. The molecule has 4 nitrogen and oxygen atoms in total. The molecule has 0 saturated carbocycles. The molecule has 1 unspecified atom stereocenters. The van der Waals surface area contributed by atoms with E-state index in [4.69, 9.17) is 17.4 Å². The smallest absolute Gasteiger partial charge is 0.124 e. The van der Waals surface area contributed by atoms with E-state index in [1.54, 1.807) is 6.07 Å². The lowest BCUT2D eigenvalue weighted by molar-refractivity contribution is 0.516. The summed E-state index contributed by atoms with van der Waals surface area (Å²) in [7, 11) is 0. The fraction of sp³-hybridized carbons (Fsp3) is 0.357. The summed E-state index contributed by atoms with van der Waals surface area (Å²) in [6.45, 7) is 4.77. The Bertz CT molecular complexity index is 597. The molecule has 0 amide bonds. The SMILES string of the molecule is CCn1nc(C)cc1CC(NN)c1ccc(F)cc1Cl. The molecular weight excluding hydrogens is 279 g/mol. The Morgan fingerprint density at radius 1 is 1.45 bits per heavy atom. The first-order valence-electron chi connectivity index (χ1n) is 6.49. The lowest BCUT2D eigenvalue weighted by atomic mass is 10.0. The molecule has 2 rings (SSSR count). The highest BCUT2D eigenvalue weighted by Crippen LogP contribution is 2.26. The Morgan fingerprint density at radius 2 is 2.20 bits per heavy atom. The Kier molecular flexibility index (Phi) is 4.75. The van der Waals surface area contributed by atoms with Crippen molar-refractivity contribution in [1.29, 1.82) is 0 Å². The minimum Gasteiger partial charge on any atom is -0.271 e. The highest BCUT2D eigenvalue weighted by Gasteiger charge is 2.17. The molecule has 0 fully saturated rings. The Balaban J connectivity index is 2.28. The molecule has 1 heterocycles. The van der Waals surface area contributed by atoms with Crippen molar-refractivity contribution in [2.75, 3.05) is 0 Å². The van der Waals surface area contributed by atoms with Crippen LogP contribution in [0.25, 0.3) is 0 Å². The predicted octanol–water partition coefficient (Wildman–Crippen LogP) is 2.75. The minimum absolute atomic E-state index is 0.190. The normalized spacial score (nSPS) is 12.7. The monoisotopic (exact) mass is 296 g/mol. The number of nitrogens with zero attached hydrogens (tertiary/aromatic N) is 2. The van der Waals surface area contributed by atoms with Crippen LogP contribution in [0, 0.1) is 12.7 Å². The first kappa shape index (κ1) is 15.0. The van der Waals surface area contributed by atoms with Crippen LogP contribution in [0.4, 0.5) is 4.39 Å². The number of hydrogen-bond acceptors (Lipinski definition) is 3. The molecule has 1 aromatic heterocycles. The Labute approximate surface area is 122 Å². The Morgan fingerprint density at radius 3 is 2.80 bits per heavy atom. The molecule has 0 aliphatic heterocycles. The number of hydrogen-bond donors (Lipinski definition) is 2. The van der Waals surface area contributed by atoms with E-state index in [1.807, 2.05) is 24.6 Å². The second kappa shape index (κ2) is 6.35. The molecule has 1 atom stereocenters. The lowest BCUT2D eigenvalue weighted by Gasteiger charge is -2.18. The summed E-state index contributed by atoms with van der Waals surface area (Å²) in [6, 6.07) is 6.16. The third kappa shape index (κ3) is 3.17. The van der Waals surface area contributed by atoms with Gasteiger partial charge in [0.05, 0.1) is 11.7 Å². The number of rotatable bonds is 5. The van der Waals surface area contributed by atoms with Crippen molar-refractivity contribution in [2.45, 2.75) is 32.9 Å². The molecule has 0 radical (unpaired) electrons. The maximum Gasteiger partial charge on any atom is 0.124 e. The van der Waals surface area contributed by atoms with Gasteiger partial charge in [0.1, 0.15) is 5.82 Å². The number of hydrazine groups is 1. The van der Waals surface area contributed by atoms with Crippen LogP contribution < -0.4 is 11.3 Å². The molecule has 1 aromatic carbocycles. The predicted molar refractivity (Wildman–Crippen MR) is 77.8 cm³/mol. The van der Waals surface area contributed by atoms with Gasteiger partial charge in [0.15, 0.2) is 0 Å². The van der Waals surface area contributed by atoms with Crippen LogP contribution in [0.1, 0.15) is 29.9 Å². The van der Waals surface area contributed by atoms with E-state index in [-0.39, 0.29) is 11.9 Å². The first-order valence-corrected chi connectivity index (χ1v) is 6.87. The largest absolute Gasteiger partial charge is 0.271 e. The summed E-state index contributed by atoms with van der Waals surface area (Å²) in [5, 5.41) is 4.77. The molecule has 6 heteroatoms. The third-order valence-corrected chi connectivity index (χ3v) is 3.56. The van der Waals surface area contributed by atoms with Gasteiger partial charge in [-0.2, -0.15) is 5.10 Å². The van der Waals surface area contributed by atoms with Crippen LogP contribution in [0.15, 0.2) is 24.3 Å². The van der Waals surface area contributed by atoms with Crippen molar-refractivity contribution >= 4 is 11.6 Å². The second-order valence-corrected chi connectivity index (χ2v) is 5.09. The van der Waals surface area contributed by atoms with Crippen molar-refractivity contribution in [3.63, 3.8) is 0 Å². The van der Waals surface area contributed by atoms with Crippen molar-refractivity contribution in [1.82, 2.24) is 15.2 Å². The van der Waals surface area contributed by atoms with Gasteiger partial charge in [-0.3, -0.25) is 16.0 Å². The average Bonchev–Trinajstić information content (AvgIpc) is 2.76. The molecule has 108 valence electrons. The highest BCUT2D eigenvalue weighted by atomic mass is 35.5. The van der Waals surface area contributed by atoms with Gasteiger partial charge in [0.25, 0.3) is 0 Å². The zero-order valence-corrected chi connectivity index (χ0v) is 12.3. The van der Waals surface area contributed by atoms with Crippen LogP contribution >= 0.6 is 11.6 Å². The third-order valence-electron chi connectivity index (χ3n) is 3.24. The van der Waals surface area contributed by atoms with Gasteiger partial charge in [-0.15, -0.1) is 0 Å². The zero-order chi connectivity index (χ0) is 14.7. The molecule has 0 bridgehead atoms. The second-order valence-electron chi connectivity index (χ2n) is 4.68. The van der Waals surface area contributed by atoms with Gasteiger partial charge in [-0.25, -0.2) is 4.39 Å². The van der Waals surface area contributed by atoms with Crippen LogP contribution in [0.2, 0.25) is 5.02 Å². The van der Waals surface area contributed by atoms with Gasteiger partial charge in [-0.1, -0.05) is 17.7 Å². The van der Waals surface area contributed by atoms with E-state index in [0.717, 1.165) is 23.5 Å². The van der Waals surface area contributed by atoms with Gasteiger partial charge >= 0.3 is 0 Å². The first-order chi connectivity index (χ1) is 9.55. The van der Waals surface area contributed by atoms with Crippen LogP contribution in [0.5, 0.6) is 0 Å². The quantitative estimate of drug-likeness (QED) is 0.659.